The van der Waals surface area contributed by atoms with Gasteiger partial charge in [0.15, 0.2) is 0 Å². The zero-order chi connectivity index (χ0) is 21.4. The molecule has 0 radical (unpaired) electrons. The van der Waals surface area contributed by atoms with Crippen LogP contribution in [0, 0.1) is 5.92 Å². The number of unbranched alkanes of at least 4 members (excludes halogenated alkanes) is 13. The van der Waals surface area contributed by atoms with E-state index in [0.717, 1.165) is 44.9 Å². The van der Waals surface area contributed by atoms with Gasteiger partial charge in [0.1, 0.15) is 4.75 Å². The van der Waals surface area contributed by atoms with Crippen molar-refractivity contribution in [1.82, 2.24) is 0 Å². The molecule has 1 atom stereocenters. The van der Waals surface area contributed by atoms with E-state index < -0.39 is 14.9 Å². The quantitative estimate of drug-likeness (QED) is 0.180. The van der Waals surface area contributed by atoms with Gasteiger partial charge < -0.3 is 5.73 Å². The van der Waals surface area contributed by atoms with Crippen LogP contribution in [-0.2, 0) is 10.1 Å². The molecule has 1 unspecified atom stereocenters. The second-order valence-corrected chi connectivity index (χ2v) is 11.2. The molecule has 1 aliphatic rings. The highest BCUT2D eigenvalue weighted by atomic mass is 32.2. The molecule has 29 heavy (non-hydrogen) atoms. The summed E-state index contributed by atoms with van der Waals surface area (Å²) < 4.78 is 33.3. The predicted molar refractivity (Wildman–Crippen MR) is 125 cm³/mol. The lowest BCUT2D eigenvalue weighted by molar-refractivity contribution is 0.240. The van der Waals surface area contributed by atoms with Crippen molar-refractivity contribution in [2.45, 2.75) is 140 Å². The molecule has 1 rings (SSSR count). The first-order valence-corrected chi connectivity index (χ1v) is 14.1. The summed E-state index contributed by atoms with van der Waals surface area (Å²) in [6.07, 6.45) is 23.5. The monoisotopic (exact) mass is 431 g/mol. The van der Waals surface area contributed by atoms with Crippen LogP contribution in [0.5, 0.6) is 0 Å². The summed E-state index contributed by atoms with van der Waals surface area (Å²) in [7, 11) is -4.12. The molecule has 0 bridgehead atoms. The molecule has 1 aliphatic carbocycles. The molecule has 3 N–H and O–H groups in total. The molecule has 0 aromatic heterocycles. The molecular formula is C24H49NO3S. The van der Waals surface area contributed by atoms with Crippen LogP contribution in [0.3, 0.4) is 0 Å². The smallest absolute Gasteiger partial charge is 0.272 e. The van der Waals surface area contributed by atoms with E-state index in [-0.39, 0.29) is 12.5 Å². The third kappa shape index (κ3) is 10.1. The minimum absolute atomic E-state index is 0.0261. The number of rotatable bonds is 18. The molecule has 0 aliphatic heterocycles. The maximum Gasteiger partial charge on any atom is 0.272 e. The highest BCUT2D eigenvalue weighted by Gasteiger charge is 2.47. The average Bonchev–Trinajstić information content (AvgIpc) is 2.71. The van der Waals surface area contributed by atoms with Gasteiger partial charge in [-0.05, 0) is 25.2 Å². The molecule has 5 heteroatoms. The van der Waals surface area contributed by atoms with Crippen LogP contribution in [0.15, 0.2) is 0 Å². The van der Waals surface area contributed by atoms with E-state index in [1.807, 2.05) is 0 Å². The average molecular weight is 432 g/mol. The van der Waals surface area contributed by atoms with Crippen LogP contribution in [0.25, 0.3) is 0 Å². The van der Waals surface area contributed by atoms with Gasteiger partial charge in [0.2, 0.25) is 0 Å². The summed E-state index contributed by atoms with van der Waals surface area (Å²) in [5.74, 6) is 0.0261. The van der Waals surface area contributed by atoms with Crippen LogP contribution >= 0.6 is 0 Å². The van der Waals surface area contributed by atoms with Gasteiger partial charge in [-0.15, -0.1) is 0 Å². The molecule has 4 nitrogen and oxygen atoms in total. The highest BCUT2D eigenvalue weighted by Crippen LogP contribution is 2.40. The fraction of sp³-hybridized carbons (Fsp3) is 1.00. The van der Waals surface area contributed by atoms with Crippen molar-refractivity contribution in [2.24, 2.45) is 11.7 Å². The first-order chi connectivity index (χ1) is 14.0. The standard InChI is InChI=1S/C24H49NO3S/c1-2-3-4-5-6-7-8-9-10-11-12-13-14-18-21-24(22-25,29(26,27)28)23-19-16-15-17-20-23/h23H,2-22,25H2,1H3,(H,26,27,28). The number of hydrogen-bond acceptors (Lipinski definition) is 3. The predicted octanol–water partition coefficient (Wildman–Crippen LogP) is 7.02. The van der Waals surface area contributed by atoms with Crippen molar-refractivity contribution < 1.29 is 13.0 Å². The van der Waals surface area contributed by atoms with Crippen molar-refractivity contribution in [3.8, 4) is 0 Å². The summed E-state index contributed by atoms with van der Waals surface area (Å²) in [6.45, 7) is 2.31. The van der Waals surface area contributed by atoms with E-state index in [1.54, 1.807) is 0 Å². The third-order valence-electron chi connectivity index (χ3n) is 7.16. The lowest BCUT2D eigenvalue weighted by atomic mass is 9.77. The minimum atomic E-state index is -4.12. The SMILES string of the molecule is CCCCCCCCCCCCCCCCC(CN)(C1CCCCC1)S(=O)(=O)O. The third-order valence-corrected chi connectivity index (χ3v) is 8.89. The molecule has 174 valence electrons. The van der Waals surface area contributed by atoms with Gasteiger partial charge in [-0.2, -0.15) is 8.42 Å². The van der Waals surface area contributed by atoms with E-state index in [2.05, 4.69) is 6.92 Å². The van der Waals surface area contributed by atoms with Gasteiger partial charge in [-0.1, -0.05) is 116 Å². The Hall–Kier alpha value is -0.130. The first-order valence-electron chi connectivity index (χ1n) is 12.6. The van der Waals surface area contributed by atoms with E-state index in [9.17, 15) is 13.0 Å². The van der Waals surface area contributed by atoms with Crippen molar-refractivity contribution in [3.63, 3.8) is 0 Å². The molecule has 0 saturated heterocycles. The molecular weight excluding hydrogens is 382 g/mol. The second kappa shape index (κ2) is 15.6. The Kier molecular flexibility index (Phi) is 14.5. The molecule has 1 saturated carbocycles. The Morgan fingerprint density at radius 2 is 1.17 bits per heavy atom. The minimum Gasteiger partial charge on any atom is -0.329 e. The van der Waals surface area contributed by atoms with Gasteiger partial charge in [0, 0.05) is 6.54 Å². The first kappa shape index (κ1) is 26.9. The summed E-state index contributed by atoms with van der Waals surface area (Å²) >= 11 is 0. The summed E-state index contributed by atoms with van der Waals surface area (Å²) in [6, 6.07) is 0. The van der Waals surface area contributed by atoms with Gasteiger partial charge in [-0.25, -0.2) is 0 Å². The Morgan fingerprint density at radius 3 is 1.55 bits per heavy atom. The van der Waals surface area contributed by atoms with Crippen LogP contribution in [0.4, 0.5) is 0 Å². The molecule has 0 amide bonds. The lowest BCUT2D eigenvalue weighted by Gasteiger charge is -2.39. The highest BCUT2D eigenvalue weighted by molar-refractivity contribution is 7.87. The van der Waals surface area contributed by atoms with Crippen molar-refractivity contribution in [1.29, 1.82) is 0 Å². The molecule has 0 heterocycles. The van der Waals surface area contributed by atoms with Crippen LogP contribution < -0.4 is 5.73 Å². The summed E-state index contributed by atoms with van der Waals surface area (Å²) in [5.41, 5.74) is 5.94. The molecule has 0 aromatic rings. The maximum atomic E-state index is 12.2. The van der Waals surface area contributed by atoms with E-state index in [4.69, 9.17) is 5.73 Å². The zero-order valence-corrected chi connectivity index (χ0v) is 20.0. The van der Waals surface area contributed by atoms with Crippen molar-refractivity contribution >= 4 is 10.1 Å². The van der Waals surface area contributed by atoms with E-state index in [1.165, 1.54) is 77.0 Å². The Morgan fingerprint density at radius 1 is 0.759 bits per heavy atom. The number of nitrogens with two attached hydrogens (primary N) is 1. The van der Waals surface area contributed by atoms with Crippen LogP contribution in [-0.4, -0.2) is 24.3 Å². The molecule has 0 aromatic carbocycles. The van der Waals surface area contributed by atoms with Gasteiger partial charge in [-0.3, -0.25) is 4.55 Å². The molecule has 0 spiro atoms. The Bertz CT molecular complexity index is 488. The largest absolute Gasteiger partial charge is 0.329 e. The normalized spacial score (nSPS) is 18.0. The fourth-order valence-electron chi connectivity index (χ4n) is 5.17. The van der Waals surface area contributed by atoms with Crippen LogP contribution in [0.2, 0.25) is 0 Å². The Labute approximate surface area is 181 Å². The summed E-state index contributed by atoms with van der Waals surface area (Å²) in [5, 5.41) is 0. The topological polar surface area (TPSA) is 80.4 Å². The van der Waals surface area contributed by atoms with E-state index in [0.29, 0.717) is 6.42 Å². The lowest BCUT2D eigenvalue weighted by Crippen LogP contribution is -2.52. The number of hydrogen-bond donors (Lipinski definition) is 2. The van der Waals surface area contributed by atoms with Crippen molar-refractivity contribution in [3.05, 3.63) is 0 Å². The maximum absolute atomic E-state index is 12.2. The second-order valence-electron chi connectivity index (χ2n) is 9.43. The zero-order valence-electron chi connectivity index (χ0n) is 19.2. The summed E-state index contributed by atoms with van der Waals surface area (Å²) in [4.78, 5) is 0. The Balaban J connectivity index is 2.13. The molecule has 1 fully saturated rings. The van der Waals surface area contributed by atoms with E-state index >= 15 is 0 Å². The van der Waals surface area contributed by atoms with Crippen molar-refractivity contribution in [2.75, 3.05) is 6.54 Å². The van der Waals surface area contributed by atoms with Gasteiger partial charge in [0.05, 0.1) is 0 Å². The fourth-order valence-corrected chi connectivity index (χ4v) is 6.44. The van der Waals surface area contributed by atoms with Gasteiger partial charge >= 0.3 is 0 Å². The van der Waals surface area contributed by atoms with Crippen LogP contribution in [0.1, 0.15) is 135 Å². The van der Waals surface area contributed by atoms with Gasteiger partial charge in [0.25, 0.3) is 10.1 Å².